The molecule has 0 saturated carbocycles. The van der Waals surface area contributed by atoms with Gasteiger partial charge in [-0.15, -0.1) is 0 Å². The maximum absolute atomic E-state index is 12.7. The summed E-state index contributed by atoms with van der Waals surface area (Å²) in [6, 6.07) is 21.3. The SMILES string of the molecule is O=C(Nc1ccc2oc(Cc3ccc(Cl)cc3)nc2c1)c1ccc(-c2cccc(Cl)c2Cl)o1. The van der Waals surface area contributed by atoms with Gasteiger partial charge in [0.05, 0.1) is 10.0 Å². The number of furan rings is 1. The normalized spacial score (nSPS) is 11.1. The molecule has 0 bridgehead atoms. The quantitative estimate of drug-likeness (QED) is 0.268. The summed E-state index contributed by atoms with van der Waals surface area (Å²) in [6.45, 7) is 0. The van der Waals surface area contributed by atoms with Gasteiger partial charge >= 0.3 is 0 Å². The molecule has 8 heteroatoms. The molecule has 0 unspecified atom stereocenters. The number of anilines is 1. The number of carbonyl (C=O) groups is 1. The van der Waals surface area contributed by atoms with Crippen LogP contribution in [-0.4, -0.2) is 10.9 Å². The fraction of sp³-hybridized carbons (Fsp3) is 0.0400. The van der Waals surface area contributed by atoms with Gasteiger partial charge in [0.1, 0.15) is 11.3 Å². The fourth-order valence-electron chi connectivity index (χ4n) is 3.40. The van der Waals surface area contributed by atoms with Crippen LogP contribution in [0.2, 0.25) is 15.1 Å². The molecule has 2 aromatic heterocycles. The van der Waals surface area contributed by atoms with Crippen LogP contribution in [0.25, 0.3) is 22.4 Å². The molecule has 0 fully saturated rings. The monoisotopic (exact) mass is 496 g/mol. The van der Waals surface area contributed by atoms with Crippen LogP contribution < -0.4 is 5.32 Å². The standard InChI is InChI=1S/C25H15Cl3N2O3/c26-15-6-4-14(5-7-15)12-23-30-19-13-16(8-9-21(19)33-23)29-25(31)22-11-10-20(32-22)17-2-1-3-18(27)24(17)28/h1-11,13H,12H2,(H,29,31). The number of hydrogen-bond acceptors (Lipinski definition) is 4. The van der Waals surface area contributed by atoms with Crippen LogP contribution in [0.4, 0.5) is 5.69 Å². The first kappa shape index (κ1) is 21.6. The maximum Gasteiger partial charge on any atom is 0.291 e. The minimum atomic E-state index is -0.399. The number of nitrogens with zero attached hydrogens (tertiary/aromatic N) is 1. The minimum absolute atomic E-state index is 0.143. The number of rotatable bonds is 5. The number of carbonyl (C=O) groups excluding carboxylic acids is 1. The third-order valence-electron chi connectivity index (χ3n) is 5.01. The van der Waals surface area contributed by atoms with Crippen molar-refractivity contribution in [3.63, 3.8) is 0 Å². The molecule has 0 spiro atoms. The molecular formula is C25H15Cl3N2O3. The Morgan fingerprint density at radius 1 is 0.909 bits per heavy atom. The van der Waals surface area contributed by atoms with Gasteiger partial charge in [0.2, 0.25) is 0 Å². The van der Waals surface area contributed by atoms with Crippen molar-refractivity contribution in [3.8, 4) is 11.3 Å². The molecule has 33 heavy (non-hydrogen) atoms. The Morgan fingerprint density at radius 2 is 1.73 bits per heavy atom. The van der Waals surface area contributed by atoms with Gasteiger partial charge < -0.3 is 14.2 Å². The topological polar surface area (TPSA) is 68.3 Å². The number of hydrogen-bond donors (Lipinski definition) is 1. The van der Waals surface area contributed by atoms with Crippen LogP contribution in [0, 0.1) is 0 Å². The molecule has 5 aromatic rings. The highest BCUT2D eigenvalue weighted by atomic mass is 35.5. The number of aromatic nitrogens is 1. The molecule has 0 radical (unpaired) electrons. The summed E-state index contributed by atoms with van der Waals surface area (Å²) in [5.74, 6) is 0.768. The third kappa shape index (κ3) is 4.62. The van der Waals surface area contributed by atoms with Gasteiger partial charge in [-0.2, -0.15) is 0 Å². The van der Waals surface area contributed by atoms with Crippen molar-refractivity contribution in [2.45, 2.75) is 6.42 Å². The van der Waals surface area contributed by atoms with Crippen LogP contribution in [0.3, 0.4) is 0 Å². The molecule has 3 aromatic carbocycles. The van der Waals surface area contributed by atoms with E-state index < -0.39 is 5.91 Å². The van der Waals surface area contributed by atoms with Gasteiger partial charge in [-0.05, 0) is 60.2 Å². The summed E-state index contributed by atoms with van der Waals surface area (Å²) in [6.07, 6.45) is 0.536. The molecule has 164 valence electrons. The predicted molar refractivity (Wildman–Crippen MR) is 130 cm³/mol. The summed E-state index contributed by atoms with van der Waals surface area (Å²) in [7, 11) is 0. The smallest absolute Gasteiger partial charge is 0.291 e. The molecule has 2 heterocycles. The fourth-order valence-corrected chi connectivity index (χ4v) is 3.92. The van der Waals surface area contributed by atoms with Gasteiger partial charge in [0.25, 0.3) is 5.91 Å². The molecule has 0 aliphatic carbocycles. The van der Waals surface area contributed by atoms with Crippen LogP contribution in [0.5, 0.6) is 0 Å². The molecule has 0 aliphatic rings. The molecule has 0 aliphatic heterocycles. The van der Waals surface area contributed by atoms with E-state index in [0.717, 1.165) is 5.56 Å². The zero-order valence-electron chi connectivity index (χ0n) is 16.9. The second kappa shape index (κ2) is 8.94. The number of benzene rings is 3. The van der Waals surface area contributed by atoms with Crippen molar-refractivity contribution in [2.75, 3.05) is 5.32 Å². The maximum atomic E-state index is 12.7. The van der Waals surface area contributed by atoms with Crippen LogP contribution in [0.15, 0.2) is 81.6 Å². The molecule has 1 N–H and O–H groups in total. The molecule has 5 nitrogen and oxygen atoms in total. The van der Waals surface area contributed by atoms with Crippen molar-refractivity contribution in [1.29, 1.82) is 0 Å². The predicted octanol–water partition coefficient (Wildman–Crippen LogP) is 7.89. The molecule has 0 saturated heterocycles. The molecular weight excluding hydrogens is 483 g/mol. The zero-order valence-corrected chi connectivity index (χ0v) is 19.2. The average Bonchev–Trinajstić information content (AvgIpc) is 3.44. The number of fused-ring (bicyclic) bond motifs is 1. The Kier molecular flexibility index (Phi) is 5.85. The average molecular weight is 498 g/mol. The Morgan fingerprint density at radius 3 is 2.55 bits per heavy atom. The first-order chi connectivity index (χ1) is 16.0. The van der Waals surface area contributed by atoms with Crippen molar-refractivity contribution < 1.29 is 13.6 Å². The number of amides is 1. The highest BCUT2D eigenvalue weighted by molar-refractivity contribution is 6.43. The van der Waals surface area contributed by atoms with Gasteiger partial charge in [-0.1, -0.05) is 53.0 Å². The Bertz CT molecular complexity index is 1470. The summed E-state index contributed by atoms with van der Waals surface area (Å²) in [5.41, 5.74) is 3.49. The lowest BCUT2D eigenvalue weighted by atomic mass is 10.1. The lowest BCUT2D eigenvalue weighted by molar-refractivity contribution is 0.0997. The third-order valence-corrected chi connectivity index (χ3v) is 6.08. The lowest BCUT2D eigenvalue weighted by Crippen LogP contribution is -2.10. The summed E-state index contributed by atoms with van der Waals surface area (Å²) >= 11 is 18.3. The summed E-state index contributed by atoms with van der Waals surface area (Å²) < 4.78 is 11.5. The molecule has 5 rings (SSSR count). The van der Waals surface area contributed by atoms with Crippen molar-refractivity contribution in [1.82, 2.24) is 4.98 Å². The van der Waals surface area contributed by atoms with E-state index in [2.05, 4.69) is 10.3 Å². The Labute approximate surface area is 203 Å². The van der Waals surface area contributed by atoms with Gasteiger partial charge in [0.15, 0.2) is 17.2 Å². The second-order valence-electron chi connectivity index (χ2n) is 7.31. The minimum Gasteiger partial charge on any atom is -0.451 e. The van der Waals surface area contributed by atoms with Crippen molar-refractivity contribution in [2.24, 2.45) is 0 Å². The Balaban J connectivity index is 1.33. The highest BCUT2D eigenvalue weighted by Gasteiger charge is 2.16. The molecule has 1 amide bonds. The van der Waals surface area contributed by atoms with Gasteiger partial charge in [-0.3, -0.25) is 4.79 Å². The summed E-state index contributed by atoms with van der Waals surface area (Å²) in [4.78, 5) is 17.2. The van der Waals surface area contributed by atoms with E-state index in [1.807, 2.05) is 24.3 Å². The molecule has 0 atom stereocenters. The second-order valence-corrected chi connectivity index (χ2v) is 8.53. The van der Waals surface area contributed by atoms with E-state index in [1.165, 1.54) is 0 Å². The highest BCUT2D eigenvalue weighted by Crippen LogP contribution is 2.34. The first-order valence-corrected chi connectivity index (χ1v) is 11.1. The van der Waals surface area contributed by atoms with Crippen LogP contribution in [0.1, 0.15) is 22.0 Å². The number of halogens is 3. The number of oxazole rings is 1. The van der Waals surface area contributed by atoms with E-state index in [4.69, 9.17) is 43.6 Å². The van der Waals surface area contributed by atoms with Gasteiger partial charge in [0, 0.05) is 22.7 Å². The van der Waals surface area contributed by atoms with E-state index in [0.29, 0.717) is 55.5 Å². The summed E-state index contributed by atoms with van der Waals surface area (Å²) in [5, 5.41) is 4.27. The van der Waals surface area contributed by atoms with Crippen LogP contribution in [-0.2, 0) is 6.42 Å². The van der Waals surface area contributed by atoms with E-state index in [-0.39, 0.29) is 5.76 Å². The van der Waals surface area contributed by atoms with Crippen LogP contribution >= 0.6 is 34.8 Å². The number of nitrogens with one attached hydrogen (secondary N) is 1. The Hall–Kier alpha value is -3.25. The van der Waals surface area contributed by atoms with Crippen molar-refractivity contribution >= 4 is 57.5 Å². The zero-order chi connectivity index (χ0) is 22.9. The van der Waals surface area contributed by atoms with E-state index in [1.54, 1.807) is 48.5 Å². The van der Waals surface area contributed by atoms with E-state index in [9.17, 15) is 4.79 Å². The van der Waals surface area contributed by atoms with Gasteiger partial charge in [-0.25, -0.2) is 4.98 Å². The van der Waals surface area contributed by atoms with E-state index >= 15 is 0 Å². The van der Waals surface area contributed by atoms with Crippen molar-refractivity contribution in [3.05, 3.63) is 105 Å². The first-order valence-electron chi connectivity index (χ1n) is 9.96. The lowest BCUT2D eigenvalue weighted by Gasteiger charge is -2.04. The largest absolute Gasteiger partial charge is 0.451 e.